The predicted molar refractivity (Wildman–Crippen MR) is 115 cm³/mol. The molecule has 5 heteroatoms. The van der Waals surface area contributed by atoms with Crippen molar-refractivity contribution >= 4 is 20.9 Å². The number of aromatic amines is 1. The fourth-order valence-corrected chi connectivity index (χ4v) is 4.13. The second-order valence-electron chi connectivity index (χ2n) is 6.91. The Morgan fingerprint density at radius 2 is 1.46 bits per heavy atom. The molecule has 1 atom stereocenters. The lowest BCUT2D eigenvalue weighted by molar-refractivity contribution is 0.584. The highest BCUT2D eigenvalue weighted by Crippen LogP contribution is 2.38. The molecule has 0 fully saturated rings. The number of nitrogens with one attached hydrogen (secondary N) is 2. The van der Waals surface area contributed by atoms with Gasteiger partial charge in [0.2, 0.25) is 10.0 Å². The second kappa shape index (κ2) is 7.62. The maximum Gasteiger partial charge on any atom is 0.208 e. The zero-order chi connectivity index (χ0) is 19.6. The van der Waals surface area contributed by atoms with Crippen LogP contribution in [0.25, 0.3) is 22.2 Å². The van der Waals surface area contributed by atoms with Crippen LogP contribution in [-0.4, -0.2) is 26.2 Å². The van der Waals surface area contributed by atoms with E-state index in [-0.39, 0.29) is 5.92 Å². The monoisotopic (exact) mass is 390 g/mol. The van der Waals surface area contributed by atoms with Crippen molar-refractivity contribution in [3.8, 4) is 11.3 Å². The third kappa shape index (κ3) is 3.86. The first kappa shape index (κ1) is 18.5. The number of rotatable bonds is 6. The van der Waals surface area contributed by atoms with Crippen LogP contribution in [0.3, 0.4) is 0 Å². The van der Waals surface area contributed by atoms with Gasteiger partial charge in [-0.1, -0.05) is 78.9 Å². The lowest BCUT2D eigenvalue weighted by Gasteiger charge is -2.20. The molecule has 3 aromatic carbocycles. The molecule has 4 aromatic rings. The van der Waals surface area contributed by atoms with E-state index in [9.17, 15) is 8.42 Å². The van der Waals surface area contributed by atoms with E-state index in [0.29, 0.717) is 6.54 Å². The summed E-state index contributed by atoms with van der Waals surface area (Å²) in [4.78, 5) is 3.55. The van der Waals surface area contributed by atoms with Crippen molar-refractivity contribution in [2.24, 2.45) is 0 Å². The van der Waals surface area contributed by atoms with E-state index in [2.05, 4.69) is 34.0 Å². The Kier molecular flexibility index (Phi) is 5.03. The Balaban J connectivity index is 1.94. The second-order valence-corrected chi connectivity index (χ2v) is 8.74. The van der Waals surface area contributed by atoms with Crippen molar-refractivity contribution in [3.05, 3.63) is 96.1 Å². The highest BCUT2D eigenvalue weighted by molar-refractivity contribution is 7.88. The molecule has 4 nitrogen and oxygen atoms in total. The van der Waals surface area contributed by atoms with Gasteiger partial charge < -0.3 is 4.98 Å². The van der Waals surface area contributed by atoms with Gasteiger partial charge in [0.25, 0.3) is 0 Å². The molecule has 0 saturated carbocycles. The molecule has 0 unspecified atom stereocenters. The summed E-state index contributed by atoms with van der Waals surface area (Å²) in [6, 6.07) is 28.3. The first-order valence-electron chi connectivity index (χ1n) is 9.18. The summed E-state index contributed by atoms with van der Waals surface area (Å²) < 4.78 is 26.4. The topological polar surface area (TPSA) is 62.0 Å². The predicted octanol–water partition coefficient (Wildman–Crippen LogP) is 4.52. The molecule has 0 spiro atoms. The summed E-state index contributed by atoms with van der Waals surface area (Å²) in [5, 5.41) is 1.10. The molecular weight excluding hydrogens is 368 g/mol. The smallest absolute Gasteiger partial charge is 0.208 e. The van der Waals surface area contributed by atoms with E-state index in [0.717, 1.165) is 33.3 Å². The molecule has 1 heterocycles. The Morgan fingerprint density at radius 3 is 2.14 bits per heavy atom. The minimum absolute atomic E-state index is 0.123. The van der Waals surface area contributed by atoms with Crippen LogP contribution in [0.4, 0.5) is 0 Å². The van der Waals surface area contributed by atoms with Gasteiger partial charge in [-0.15, -0.1) is 0 Å². The summed E-state index contributed by atoms with van der Waals surface area (Å²) in [6.07, 6.45) is 1.20. The maximum atomic E-state index is 11.8. The Hall–Kier alpha value is -2.89. The summed E-state index contributed by atoms with van der Waals surface area (Å²) >= 11 is 0. The Morgan fingerprint density at radius 1 is 0.857 bits per heavy atom. The van der Waals surface area contributed by atoms with E-state index in [1.165, 1.54) is 6.26 Å². The number of aromatic nitrogens is 1. The van der Waals surface area contributed by atoms with Gasteiger partial charge in [-0.2, -0.15) is 0 Å². The normalized spacial score (nSPS) is 12.9. The van der Waals surface area contributed by atoms with Gasteiger partial charge in [0.1, 0.15) is 0 Å². The molecule has 142 valence electrons. The molecule has 0 saturated heterocycles. The average molecular weight is 391 g/mol. The third-order valence-corrected chi connectivity index (χ3v) is 5.60. The van der Waals surface area contributed by atoms with Crippen molar-refractivity contribution in [2.75, 3.05) is 12.8 Å². The van der Waals surface area contributed by atoms with E-state index in [4.69, 9.17) is 0 Å². The molecule has 0 bridgehead atoms. The van der Waals surface area contributed by atoms with Crippen molar-refractivity contribution in [1.29, 1.82) is 0 Å². The fraction of sp³-hybridized carbons (Fsp3) is 0.130. The zero-order valence-corrected chi connectivity index (χ0v) is 16.4. The standard InChI is InChI=1S/C23H22N2O2S/c1-28(26,27)24-16-20(17-10-4-2-5-11-17)22-19-14-8-9-15-21(19)25-23(22)18-12-6-3-7-13-18/h2-15,20,24-25H,16H2,1H3/t20-/m1/s1. The minimum Gasteiger partial charge on any atom is -0.354 e. The number of fused-ring (bicyclic) bond motifs is 1. The minimum atomic E-state index is -3.31. The summed E-state index contributed by atoms with van der Waals surface area (Å²) in [7, 11) is -3.31. The number of hydrogen-bond acceptors (Lipinski definition) is 2. The maximum absolute atomic E-state index is 11.8. The fourth-order valence-electron chi connectivity index (χ4n) is 3.66. The van der Waals surface area contributed by atoms with Crippen LogP contribution in [0.5, 0.6) is 0 Å². The van der Waals surface area contributed by atoms with Gasteiger partial charge in [-0.3, -0.25) is 0 Å². The molecule has 0 aliphatic carbocycles. The van der Waals surface area contributed by atoms with Crippen LogP contribution < -0.4 is 4.72 Å². The quantitative estimate of drug-likeness (QED) is 0.509. The summed E-state index contributed by atoms with van der Waals surface area (Å²) in [5.41, 5.74) is 5.31. The third-order valence-electron chi connectivity index (χ3n) is 4.91. The van der Waals surface area contributed by atoms with E-state index in [1.807, 2.05) is 60.7 Å². The first-order valence-corrected chi connectivity index (χ1v) is 11.1. The molecule has 2 N–H and O–H groups in total. The van der Waals surface area contributed by atoms with E-state index in [1.54, 1.807) is 0 Å². The van der Waals surface area contributed by atoms with Gasteiger partial charge in [0.05, 0.1) is 11.9 Å². The molecule has 0 amide bonds. The molecule has 1 aromatic heterocycles. The van der Waals surface area contributed by atoms with Crippen molar-refractivity contribution < 1.29 is 8.42 Å². The number of H-pyrrole nitrogens is 1. The number of sulfonamides is 1. The van der Waals surface area contributed by atoms with Crippen molar-refractivity contribution in [2.45, 2.75) is 5.92 Å². The van der Waals surface area contributed by atoms with Gasteiger partial charge in [-0.25, -0.2) is 13.1 Å². The molecule has 0 aliphatic rings. The van der Waals surface area contributed by atoms with E-state index >= 15 is 0 Å². The van der Waals surface area contributed by atoms with Crippen LogP contribution in [0.1, 0.15) is 17.0 Å². The molecule has 0 radical (unpaired) electrons. The number of benzene rings is 3. The van der Waals surface area contributed by atoms with Gasteiger partial charge >= 0.3 is 0 Å². The molecule has 28 heavy (non-hydrogen) atoms. The van der Waals surface area contributed by atoms with Crippen molar-refractivity contribution in [3.63, 3.8) is 0 Å². The highest BCUT2D eigenvalue weighted by Gasteiger charge is 2.24. The van der Waals surface area contributed by atoms with Crippen LogP contribution in [0.2, 0.25) is 0 Å². The van der Waals surface area contributed by atoms with Crippen LogP contribution in [-0.2, 0) is 10.0 Å². The largest absolute Gasteiger partial charge is 0.354 e. The number of hydrogen-bond donors (Lipinski definition) is 2. The highest BCUT2D eigenvalue weighted by atomic mass is 32.2. The average Bonchev–Trinajstić information content (AvgIpc) is 3.08. The lowest BCUT2D eigenvalue weighted by atomic mass is 9.87. The molecule has 4 rings (SSSR count). The Bertz CT molecular complexity index is 1180. The van der Waals surface area contributed by atoms with Gasteiger partial charge in [-0.05, 0) is 22.8 Å². The van der Waals surface area contributed by atoms with Gasteiger partial charge in [0.15, 0.2) is 0 Å². The van der Waals surface area contributed by atoms with E-state index < -0.39 is 10.0 Å². The zero-order valence-electron chi connectivity index (χ0n) is 15.6. The molecule has 0 aliphatic heterocycles. The van der Waals surface area contributed by atoms with Crippen LogP contribution in [0, 0.1) is 0 Å². The number of para-hydroxylation sites is 1. The SMILES string of the molecule is CS(=O)(=O)NC[C@H](c1ccccc1)c1c(-c2ccccc2)[nH]c2ccccc12. The van der Waals surface area contributed by atoms with Gasteiger partial charge in [0, 0.05) is 23.4 Å². The lowest BCUT2D eigenvalue weighted by Crippen LogP contribution is -2.28. The molecular formula is C23H22N2O2S. The summed E-state index contributed by atoms with van der Waals surface area (Å²) in [5.74, 6) is -0.123. The van der Waals surface area contributed by atoms with Crippen LogP contribution >= 0.6 is 0 Å². The summed E-state index contributed by atoms with van der Waals surface area (Å²) in [6.45, 7) is 0.296. The van der Waals surface area contributed by atoms with Crippen molar-refractivity contribution in [1.82, 2.24) is 9.71 Å². The van der Waals surface area contributed by atoms with Crippen LogP contribution in [0.15, 0.2) is 84.9 Å². The Labute approximate surface area is 165 Å². The first-order chi connectivity index (χ1) is 13.5.